The lowest BCUT2D eigenvalue weighted by Crippen LogP contribution is -2.00. The van der Waals surface area contributed by atoms with Gasteiger partial charge in [0.2, 0.25) is 0 Å². The first kappa shape index (κ1) is 11.3. The first-order valence-electron chi connectivity index (χ1n) is 5.35. The molecule has 2 rings (SSSR count). The fourth-order valence-electron chi connectivity index (χ4n) is 1.68. The van der Waals surface area contributed by atoms with Crippen LogP contribution in [-0.2, 0) is 4.74 Å². The maximum absolute atomic E-state index is 11.4. The lowest BCUT2D eigenvalue weighted by atomic mass is 10.1. The van der Waals surface area contributed by atoms with Gasteiger partial charge in [-0.1, -0.05) is 12.2 Å². The Morgan fingerprint density at radius 2 is 2.18 bits per heavy atom. The van der Waals surface area contributed by atoms with Crippen LogP contribution in [0.5, 0.6) is 0 Å². The third-order valence-electron chi connectivity index (χ3n) is 2.48. The van der Waals surface area contributed by atoms with Crippen LogP contribution >= 0.6 is 0 Å². The lowest BCUT2D eigenvalue weighted by molar-refractivity contribution is 0.0601. The van der Waals surface area contributed by atoms with Crippen molar-refractivity contribution in [1.29, 1.82) is 0 Å². The molecule has 0 N–H and O–H groups in total. The summed E-state index contributed by atoms with van der Waals surface area (Å²) in [7, 11) is 1.38. The summed E-state index contributed by atoms with van der Waals surface area (Å²) in [4.78, 5) is 15.7. The van der Waals surface area contributed by atoms with E-state index in [0.717, 1.165) is 16.5 Å². The number of allylic oxidation sites excluding steroid dienone is 1. The summed E-state index contributed by atoms with van der Waals surface area (Å²) < 4.78 is 4.69. The Morgan fingerprint density at radius 1 is 1.35 bits per heavy atom. The second-order valence-corrected chi connectivity index (χ2v) is 3.67. The third kappa shape index (κ3) is 2.33. The van der Waals surface area contributed by atoms with Crippen molar-refractivity contribution in [2.45, 2.75) is 6.92 Å². The number of esters is 1. The number of hydrogen-bond acceptors (Lipinski definition) is 3. The van der Waals surface area contributed by atoms with Gasteiger partial charge in [0.1, 0.15) is 0 Å². The predicted molar refractivity (Wildman–Crippen MR) is 67.8 cm³/mol. The van der Waals surface area contributed by atoms with E-state index in [1.165, 1.54) is 7.11 Å². The number of ether oxygens (including phenoxy) is 1. The second-order valence-electron chi connectivity index (χ2n) is 3.67. The van der Waals surface area contributed by atoms with Crippen LogP contribution in [0.25, 0.3) is 17.0 Å². The van der Waals surface area contributed by atoms with Crippen LogP contribution in [0.4, 0.5) is 0 Å². The molecule has 86 valence electrons. The zero-order valence-electron chi connectivity index (χ0n) is 9.81. The molecule has 3 heteroatoms. The van der Waals surface area contributed by atoms with Crippen molar-refractivity contribution in [3.63, 3.8) is 0 Å². The molecule has 0 radical (unpaired) electrons. The first-order chi connectivity index (χ1) is 8.24. The van der Waals surface area contributed by atoms with E-state index in [1.54, 1.807) is 18.3 Å². The van der Waals surface area contributed by atoms with Crippen molar-refractivity contribution in [3.8, 4) is 0 Å². The average molecular weight is 227 g/mol. The van der Waals surface area contributed by atoms with Gasteiger partial charge < -0.3 is 4.74 Å². The molecule has 17 heavy (non-hydrogen) atoms. The highest BCUT2D eigenvalue weighted by molar-refractivity contribution is 5.94. The molecule has 0 saturated heterocycles. The Hall–Kier alpha value is -2.16. The molecule has 0 unspecified atom stereocenters. The number of aromatic nitrogens is 1. The van der Waals surface area contributed by atoms with Crippen LogP contribution in [0.15, 0.2) is 36.5 Å². The van der Waals surface area contributed by atoms with Crippen LogP contribution in [0.1, 0.15) is 22.8 Å². The maximum atomic E-state index is 11.4. The Bertz CT molecular complexity index is 588. The van der Waals surface area contributed by atoms with Gasteiger partial charge in [-0.2, -0.15) is 0 Å². The molecule has 0 aliphatic rings. The minimum atomic E-state index is -0.330. The molecule has 1 aromatic carbocycles. The lowest BCUT2D eigenvalue weighted by Gasteiger charge is -2.02. The van der Waals surface area contributed by atoms with Gasteiger partial charge >= 0.3 is 5.97 Å². The van der Waals surface area contributed by atoms with E-state index >= 15 is 0 Å². The van der Waals surface area contributed by atoms with E-state index < -0.39 is 0 Å². The van der Waals surface area contributed by atoms with Crippen LogP contribution in [0, 0.1) is 0 Å². The standard InChI is InChI=1S/C14H13NO2/c1-3-4-10-7-12-8-11(14(16)17-2)5-6-13(12)15-9-10/h3-9H,1-2H3/b4-3+. The fraction of sp³-hybridized carbons (Fsp3) is 0.143. The van der Waals surface area contributed by atoms with Crippen molar-refractivity contribution in [1.82, 2.24) is 4.98 Å². The Morgan fingerprint density at radius 3 is 2.88 bits per heavy atom. The van der Waals surface area contributed by atoms with Gasteiger partial charge in [0, 0.05) is 11.6 Å². The van der Waals surface area contributed by atoms with Crippen molar-refractivity contribution in [3.05, 3.63) is 47.7 Å². The Kier molecular flexibility index (Phi) is 3.19. The van der Waals surface area contributed by atoms with E-state index in [2.05, 4.69) is 9.72 Å². The van der Waals surface area contributed by atoms with Gasteiger partial charge in [-0.15, -0.1) is 0 Å². The minimum Gasteiger partial charge on any atom is -0.465 e. The summed E-state index contributed by atoms with van der Waals surface area (Å²) in [5.41, 5.74) is 2.42. The van der Waals surface area contributed by atoms with Gasteiger partial charge in [0.05, 0.1) is 18.2 Å². The number of benzene rings is 1. The molecule has 0 bridgehead atoms. The summed E-state index contributed by atoms with van der Waals surface area (Å²) >= 11 is 0. The van der Waals surface area contributed by atoms with Crippen molar-refractivity contribution >= 4 is 22.9 Å². The molecule has 0 amide bonds. The Labute approximate surface area is 99.7 Å². The molecule has 1 aromatic heterocycles. The number of pyridine rings is 1. The fourth-order valence-corrected chi connectivity index (χ4v) is 1.68. The molecule has 0 atom stereocenters. The van der Waals surface area contributed by atoms with E-state index in [9.17, 15) is 4.79 Å². The van der Waals surface area contributed by atoms with Crippen LogP contribution in [0.3, 0.4) is 0 Å². The molecular weight excluding hydrogens is 214 g/mol. The number of nitrogens with zero attached hydrogens (tertiary/aromatic N) is 1. The average Bonchev–Trinajstić information content (AvgIpc) is 2.37. The molecule has 0 fully saturated rings. The van der Waals surface area contributed by atoms with Crippen molar-refractivity contribution in [2.75, 3.05) is 7.11 Å². The van der Waals surface area contributed by atoms with Crippen LogP contribution in [0.2, 0.25) is 0 Å². The molecule has 1 heterocycles. The van der Waals surface area contributed by atoms with Crippen LogP contribution < -0.4 is 0 Å². The van der Waals surface area contributed by atoms with Gasteiger partial charge in [0.25, 0.3) is 0 Å². The zero-order chi connectivity index (χ0) is 12.3. The molecule has 0 aliphatic carbocycles. The minimum absolute atomic E-state index is 0.330. The highest BCUT2D eigenvalue weighted by Crippen LogP contribution is 2.16. The quantitative estimate of drug-likeness (QED) is 0.740. The monoisotopic (exact) mass is 227 g/mol. The van der Waals surface area contributed by atoms with E-state index in [0.29, 0.717) is 5.56 Å². The maximum Gasteiger partial charge on any atom is 0.337 e. The number of hydrogen-bond donors (Lipinski definition) is 0. The SMILES string of the molecule is C/C=C/c1cnc2ccc(C(=O)OC)cc2c1. The molecular formula is C14H13NO2. The molecule has 0 aliphatic heterocycles. The van der Waals surface area contributed by atoms with Gasteiger partial charge in [-0.05, 0) is 36.8 Å². The summed E-state index contributed by atoms with van der Waals surface area (Å²) in [6.07, 6.45) is 5.73. The van der Waals surface area contributed by atoms with Crippen molar-refractivity contribution in [2.24, 2.45) is 0 Å². The third-order valence-corrected chi connectivity index (χ3v) is 2.48. The van der Waals surface area contributed by atoms with E-state index in [4.69, 9.17) is 0 Å². The summed E-state index contributed by atoms with van der Waals surface area (Å²) in [6, 6.07) is 7.33. The number of carbonyl (C=O) groups excluding carboxylic acids is 1. The first-order valence-corrected chi connectivity index (χ1v) is 5.35. The normalized spacial score (nSPS) is 10.9. The number of rotatable bonds is 2. The highest BCUT2D eigenvalue weighted by Gasteiger charge is 2.06. The van der Waals surface area contributed by atoms with Crippen LogP contribution in [-0.4, -0.2) is 18.1 Å². The topological polar surface area (TPSA) is 39.2 Å². The van der Waals surface area contributed by atoms with E-state index in [1.807, 2.05) is 31.2 Å². The molecule has 2 aromatic rings. The number of carbonyl (C=O) groups is 1. The van der Waals surface area contributed by atoms with Crippen molar-refractivity contribution < 1.29 is 9.53 Å². The van der Waals surface area contributed by atoms with E-state index in [-0.39, 0.29) is 5.97 Å². The highest BCUT2D eigenvalue weighted by atomic mass is 16.5. The Balaban J connectivity index is 2.54. The van der Waals surface area contributed by atoms with Gasteiger partial charge in [-0.25, -0.2) is 4.79 Å². The summed E-state index contributed by atoms with van der Waals surface area (Å²) in [5, 5.41) is 0.934. The molecule has 3 nitrogen and oxygen atoms in total. The summed E-state index contributed by atoms with van der Waals surface area (Å²) in [6.45, 7) is 1.95. The summed E-state index contributed by atoms with van der Waals surface area (Å²) in [5.74, 6) is -0.330. The molecule has 0 spiro atoms. The number of methoxy groups -OCH3 is 1. The van der Waals surface area contributed by atoms with Gasteiger partial charge in [0.15, 0.2) is 0 Å². The largest absolute Gasteiger partial charge is 0.465 e. The smallest absolute Gasteiger partial charge is 0.337 e. The molecule has 0 saturated carbocycles. The zero-order valence-corrected chi connectivity index (χ0v) is 9.81. The number of fused-ring (bicyclic) bond motifs is 1. The second kappa shape index (κ2) is 4.78. The predicted octanol–water partition coefficient (Wildman–Crippen LogP) is 3.05. The van der Waals surface area contributed by atoms with Gasteiger partial charge in [-0.3, -0.25) is 4.98 Å².